The molecule has 2 rings (SSSR count). The minimum Gasteiger partial charge on any atom is -0.387 e. The Bertz CT molecular complexity index is 657. The fourth-order valence-electron chi connectivity index (χ4n) is 1.81. The number of rotatable bonds is 4. The van der Waals surface area contributed by atoms with Crippen LogP contribution in [0.4, 0.5) is 5.69 Å². The van der Waals surface area contributed by atoms with Gasteiger partial charge in [-0.1, -0.05) is 46.9 Å². The van der Waals surface area contributed by atoms with Gasteiger partial charge in [-0.15, -0.1) is 0 Å². The fraction of sp³-hybridized carbons (Fsp3) is 0.133. The van der Waals surface area contributed by atoms with Crippen LogP contribution in [0.15, 0.2) is 36.4 Å². The van der Waals surface area contributed by atoms with Crippen molar-refractivity contribution in [3.8, 4) is 6.07 Å². The summed E-state index contributed by atoms with van der Waals surface area (Å²) in [5.41, 5.74) is 1.76. The lowest BCUT2D eigenvalue weighted by molar-refractivity contribution is 0.191. The van der Waals surface area contributed by atoms with E-state index in [2.05, 4.69) is 5.32 Å². The van der Waals surface area contributed by atoms with Crippen molar-refractivity contribution in [3.05, 3.63) is 62.6 Å². The Labute approximate surface area is 137 Å². The van der Waals surface area contributed by atoms with E-state index in [1.54, 1.807) is 36.4 Å². The first-order valence-corrected chi connectivity index (χ1v) is 7.21. The molecule has 3 nitrogen and oxygen atoms in total. The predicted octanol–water partition coefficient (Wildman–Crippen LogP) is 4.66. The maximum atomic E-state index is 10.1. The fourth-order valence-corrected chi connectivity index (χ4v) is 2.76. The molecule has 0 saturated carbocycles. The molecule has 0 aliphatic carbocycles. The Hall–Kier alpha value is -1.44. The van der Waals surface area contributed by atoms with Crippen LogP contribution in [-0.4, -0.2) is 11.7 Å². The summed E-state index contributed by atoms with van der Waals surface area (Å²) in [5, 5.41) is 23.1. The zero-order valence-corrected chi connectivity index (χ0v) is 13.0. The summed E-state index contributed by atoms with van der Waals surface area (Å²) in [4.78, 5) is 0. The third kappa shape index (κ3) is 4.03. The summed E-state index contributed by atoms with van der Waals surface area (Å²) in [7, 11) is 0. The van der Waals surface area contributed by atoms with Crippen LogP contribution in [0.3, 0.4) is 0 Å². The highest BCUT2D eigenvalue weighted by atomic mass is 35.5. The van der Waals surface area contributed by atoms with Gasteiger partial charge in [0.05, 0.1) is 33.5 Å². The molecule has 0 aliphatic heterocycles. The topological polar surface area (TPSA) is 56.0 Å². The summed E-state index contributed by atoms with van der Waals surface area (Å²) >= 11 is 17.9. The molecule has 6 heteroatoms. The predicted molar refractivity (Wildman–Crippen MR) is 86.1 cm³/mol. The van der Waals surface area contributed by atoms with Gasteiger partial charge in [-0.05, 0) is 29.8 Å². The van der Waals surface area contributed by atoms with E-state index in [-0.39, 0.29) is 6.54 Å². The number of hydrogen-bond donors (Lipinski definition) is 2. The lowest BCUT2D eigenvalue weighted by Crippen LogP contribution is -2.12. The van der Waals surface area contributed by atoms with E-state index in [0.717, 1.165) is 0 Å². The zero-order valence-electron chi connectivity index (χ0n) is 10.8. The number of halogens is 3. The molecule has 108 valence electrons. The highest BCUT2D eigenvalue weighted by Crippen LogP contribution is 2.34. The van der Waals surface area contributed by atoms with E-state index >= 15 is 0 Å². The number of aliphatic hydroxyl groups excluding tert-OH is 1. The summed E-state index contributed by atoms with van der Waals surface area (Å²) in [6.07, 6.45) is -0.749. The van der Waals surface area contributed by atoms with Crippen molar-refractivity contribution in [1.82, 2.24) is 0 Å². The molecule has 0 radical (unpaired) electrons. The second kappa shape index (κ2) is 7.02. The molecule has 0 fully saturated rings. The molecule has 0 spiro atoms. The van der Waals surface area contributed by atoms with Gasteiger partial charge in [-0.3, -0.25) is 0 Å². The van der Waals surface area contributed by atoms with Gasteiger partial charge in [-0.25, -0.2) is 0 Å². The molecule has 0 aromatic heterocycles. The molecule has 2 aromatic carbocycles. The molecule has 2 aromatic rings. The second-order valence-electron chi connectivity index (χ2n) is 4.37. The summed E-state index contributed by atoms with van der Waals surface area (Å²) < 4.78 is 0. The Morgan fingerprint density at radius 1 is 1.10 bits per heavy atom. The number of aliphatic hydroxyl groups is 1. The smallest absolute Gasteiger partial charge is 0.0991 e. The van der Waals surface area contributed by atoms with Gasteiger partial charge >= 0.3 is 0 Å². The number of benzene rings is 2. The van der Waals surface area contributed by atoms with Crippen molar-refractivity contribution < 1.29 is 5.11 Å². The number of hydrogen-bond acceptors (Lipinski definition) is 3. The van der Waals surface area contributed by atoms with Crippen LogP contribution >= 0.6 is 34.8 Å². The lowest BCUT2D eigenvalue weighted by Gasteiger charge is -2.15. The van der Waals surface area contributed by atoms with Crippen LogP contribution in [0.2, 0.25) is 15.1 Å². The SMILES string of the molecule is N#Cc1ccc(C(O)CNc2c(Cl)cc(Cl)cc2Cl)cc1. The largest absolute Gasteiger partial charge is 0.387 e. The van der Waals surface area contributed by atoms with Gasteiger partial charge < -0.3 is 10.4 Å². The number of nitrogens with one attached hydrogen (secondary N) is 1. The van der Waals surface area contributed by atoms with E-state index in [4.69, 9.17) is 40.1 Å². The van der Waals surface area contributed by atoms with Gasteiger partial charge in [-0.2, -0.15) is 5.26 Å². The minimum atomic E-state index is -0.749. The van der Waals surface area contributed by atoms with Crippen LogP contribution < -0.4 is 5.32 Å². The third-order valence-corrected chi connectivity index (χ3v) is 3.72. The van der Waals surface area contributed by atoms with Crippen molar-refractivity contribution in [1.29, 1.82) is 5.26 Å². The quantitative estimate of drug-likeness (QED) is 0.850. The van der Waals surface area contributed by atoms with Crippen LogP contribution in [0.5, 0.6) is 0 Å². The maximum Gasteiger partial charge on any atom is 0.0991 e. The highest BCUT2D eigenvalue weighted by molar-refractivity contribution is 6.41. The van der Waals surface area contributed by atoms with Crippen LogP contribution in [0, 0.1) is 11.3 Å². The summed E-state index contributed by atoms with van der Waals surface area (Å²) in [6.45, 7) is 0.229. The van der Waals surface area contributed by atoms with E-state index < -0.39 is 6.10 Å². The normalized spacial score (nSPS) is 11.8. The molecule has 0 heterocycles. The van der Waals surface area contributed by atoms with E-state index in [9.17, 15) is 5.11 Å². The lowest BCUT2D eigenvalue weighted by atomic mass is 10.1. The number of anilines is 1. The van der Waals surface area contributed by atoms with Gasteiger partial charge in [0.2, 0.25) is 0 Å². The average molecular weight is 342 g/mol. The highest BCUT2D eigenvalue weighted by Gasteiger charge is 2.11. The number of nitriles is 1. The Kier molecular flexibility index (Phi) is 5.33. The van der Waals surface area contributed by atoms with Crippen LogP contribution in [0.25, 0.3) is 0 Å². The molecule has 0 aliphatic rings. The van der Waals surface area contributed by atoms with Crippen molar-refractivity contribution in [2.24, 2.45) is 0 Å². The molecule has 0 saturated heterocycles. The molecule has 1 atom stereocenters. The Morgan fingerprint density at radius 3 is 2.19 bits per heavy atom. The molecular formula is C15H11Cl3N2O. The maximum absolute atomic E-state index is 10.1. The summed E-state index contributed by atoms with van der Waals surface area (Å²) in [5.74, 6) is 0. The summed E-state index contributed by atoms with van der Waals surface area (Å²) in [6, 6.07) is 11.9. The molecule has 2 N–H and O–H groups in total. The molecular weight excluding hydrogens is 331 g/mol. The van der Waals surface area contributed by atoms with Gasteiger partial charge in [0.15, 0.2) is 0 Å². The first-order valence-electron chi connectivity index (χ1n) is 6.08. The first kappa shape index (κ1) is 15.9. The first-order chi connectivity index (χ1) is 10.0. The van der Waals surface area contributed by atoms with Crippen molar-refractivity contribution in [3.63, 3.8) is 0 Å². The van der Waals surface area contributed by atoms with Crippen LogP contribution in [-0.2, 0) is 0 Å². The number of nitrogens with zero attached hydrogens (tertiary/aromatic N) is 1. The van der Waals surface area contributed by atoms with Crippen molar-refractivity contribution >= 4 is 40.5 Å². The van der Waals surface area contributed by atoms with Crippen LogP contribution in [0.1, 0.15) is 17.2 Å². The standard InChI is InChI=1S/C15H11Cl3N2O/c16-11-5-12(17)15(13(18)6-11)20-8-14(21)10-3-1-9(7-19)2-4-10/h1-6,14,20-21H,8H2. The Balaban J connectivity index is 2.07. The minimum absolute atomic E-state index is 0.229. The second-order valence-corrected chi connectivity index (χ2v) is 5.63. The van der Waals surface area contributed by atoms with E-state index in [0.29, 0.717) is 31.9 Å². The molecule has 0 amide bonds. The van der Waals surface area contributed by atoms with Gasteiger partial charge in [0.1, 0.15) is 0 Å². The molecule has 1 unspecified atom stereocenters. The van der Waals surface area contributed by atoms with Crippen molar-refractivity contribution in [2.75, 3.05) is 11.9 Å². The molecule has 0 bridgehead atoms. The Morgan fingerprint density at radius 2 is 1.67 bits per heavy atom. The molecule has 21 heavy (non-hydrogen) atoms. The van der Waals surface area contributed by atoms with Gasteiger partial charge in [0, 0.05) is 11.6 Å². The third-order valence-electron chi connectivity index (χ3n) is 2.90. The van der Waals surface area contributed by atoms with E-state index in [1.807, 2.05) is 6.07 Å². The zero-order chi connectivity index (χ0) is 15.4. The average Bonchev–Trinajstić information content (AvgIpc) is 2.46. The van der Waals surface area contributed by atoms with Crippen molar-refractivity contribution in [2.45, 2.75) is 6.10 Å². The van der Waals surface area contributed by atoms with Gasteiger partial charge in [0.25, 0.3) is 0 Å². The van der Waals surface area contributed by atoms with E-state index in [1.165, 1.54) is 0 Å². The monoisotopic (exact) mass is 340 g/mol.